The van der Waals surface area contributed by atoms with Gasteiger partial charge in [-0.2, -0.15) is 0 Å². The number of hydrogen-bond acceptors (Lipinski definition) is 6. The molecule has 1 N–H and O–H groups in total. The maximum Gasteiger partial charge on any atom is 0.320 e. The zero-order valence-electron chi connectivity index (χ0n) is 25.4. The Morgan fingerprint density at radius 1 is 0.676 bits per heavy atom. The molecular formula is C31H61NO5. The molecule has 0 bridgehead atoms. The van der Waals surface area contributed by atoms with Crippen molar-refractivity contribution >= 4 is 11.8 Å². The summed E-state index contributed by atoms with van der Waals surface area (Å²) in [5.41, 5.74) is -1.79. The van der Waals surface area contributed by atoms with Crippen molar-refractivity contribution in [3.8, 4) is 0 Å². The van der Waals surface area contributed by atoms with Crippen LogP contribution in [-0.2, 0) is 19.1 Å². The van der Waals surface area contributed by atoms with Crippen molar-refractivity contribution in [3.63, 3.8) is 0 Å². The molecule has 0 spiro atoms. The lowest BCUT2D eigenvalue weighted by atomic mass is 10.0. The molecule has 0 aromatic heterocycles. The highest BCUT2D eigenvalue weighted by Crippen LogP contribution is 2.16. The number of ketones is 1. The molecular weight excluding hydrogens is 466 g/mol. The molecule has 0 fully saturated rings. The number of hydrogen-bond donors (Lipinski definition) is 1. The number of unbranched alkanes of at least 4 members (excludes halogenated alkanes) is 15. The van der Waals surface area contributed by atoms with E-state index < -0.39 is 11.2 Å². The van der Waals surface area contributed by atoms with Crippen molar-refractivity contribution < 1.29 is 24.2 Å². The third kappa shape index (κ3) is 23.8. The van der Waals surface area contributed by atoms with Gasteiger partial charge in [-0.3, -0.25) is 14.5 Å². The molecule has 0 saturated carbocycles. The molecule has 0 aliphatic carbocycles. The van der Waals surface area contributed by atoms with Crippen LogP contribution in [-0.4, -0.2) is 66.3 Å². The fraction of sp³-hybridized carbons (Fsp3) is 0.935. The molecule has 0 radical (unpaired) electrons. The fourth-order valence-corrected chi connectivity index (χ4v) is 4.23. The molecule has 0 heterocycles. The van der Waals surface area contributed by atoms with E-state index in [9.17, 15) is 14.7 Å². The number of rotatable bonds is 26. The molecule has 220 valence electrons. The number of aliphatic hydroxyl groups is 1. The number of Topliss-reactive ketones (excluding diaryl/α,β-unsaturated/α-hetero) is 1. The standard InChI is InChI=1S/C31H61NO5/c1-7-8-9-10-11-12-13-14-15-16-17-18-19-20-21-22-24-36-29(34)27-32(6)26-28(33)31(4,5)37-25-23-30(2,3)35/h35H,7-27H2,1-6H3. The summed E-state index contributed by atoms with van der Waals surface area (Å²) in [6, 6.07) is 0. The number of ether oxygens (including phenoxy) is 2. The van der Waals surface area contributed by atoms with Gasteiger partial charge in [0.05, 0.1) is 31.9 Å². The van der Waals surface area contributed by atoms with E-state index in [0.29, 0.717) is 19.6 Å². The van der Waals surface area contributed by atoms with Crippen molar-refractivity contribution in [2.24, 2.45) is 0 Å². The van der Waals surface area contributed by atoms with Gasteiger partial charge in [-0.1, -0.05) is 103 Å². The van der Waals surface area contributed by atoms with Gasteiger partial charge < -0.3 is 14.6 Å². The van der Waals surface area contributed by atoms with E-state index in [-0.39, 0.29) is 24.8 Å². The van der Waals surface area contributed by atoms with Crippen LogP contribution in [0.2, 0.25) is 0 Å². The van der Waals surface area contributed by atoms with Gasteiger partial charge in [0.2, 0.25) is 0 Å². The van der Waals surface area contributed by atoms with Crippen molar-refractivity contribution in [2.75, 3.05) is 33.4 Å². The molecule has 0 aromatic rings. The van der Waals surface area contributed by atoms with Crippen molar-refractivity contribution in [3.05, 3.63) is 0 Å². The SMILES string of the molecule is CCCCCCCCCCCCCCCCCCOC(=O)CN(C)CC(=O)C(C)(C)OCCC(C)(C)O. The van der Waals surface area contributed by atoms with Crippen LogP contribution in [0.15, 0.2) is 0 Å². The van der Waals surface area contributed by atoms with E-state index in [1.54, 1.807) is 39.6 Å². The first-order valence-electron chi connectivity index (χ1n) is 15.2. The summed E-state index contributed by atoms with van der Waals surface area (Å²) in [6.07, 6.45) is 21.5. The van der Waals surface area contributed by atoms with Gasteiger partial charge in [0.15, 0.2) is 5.78 Å². The maximum atomic E-state index is 12.6. The molecule has 0 saturated heterocycles. The minimum atomic E-state index is -0.961. The quantitative estimate of drug-likeness (QED) is 0.0943. The summed E-state index contributed by atoms with van der Waals surface area (Å²) in [6.45, 7) is 10.1. The Bertz CT molecular complexity index is 570. The molecule has 0 atom stereocenters. The minimum absolute atomic E-state index is 0.0876. The third-order valence-corrected chi connectivity index (χ3v) is 6.92. The second kappa shape index (κ2) is 21.9. The van der Waals surface area contributed by atoms with E-state index in [0.717, 1.165) is 12.8 Å². The lowest BCUT2D eigenvalue weighted by Gasteiger charge is -2.27. The van der Waals surface area contributed by atoms with Gasteiger partial charge >= 0.3 is 5.97 Å². The van der Waals surface area contributed by atoms with Gasteiger partial charge in [-0.05, 0) is 47.6 Å². The Kier molecular flexibility index (Phi) is 21.3. The van der Waals surface area contributed by atoms with Crippen LogP contribution >= 0.6 is 0 Å². The number of nitrogens with zero attached hydrogens (tertiary/aromatic N) is 1. The Hall–Kier alpha value is -0.980. The van der Waals surface area contributed by atoms with Crippen LogP contribution in [0.3, 0.4) is 0 Å². The molecule has 6 nitrogen and oxygen atoms in total. The number of esters is 1. The van der Waals surface area contributed by atoms with Gasteiger partial charge in [-0.15, -0.1) is 0 Å². The molecule has 0 amide bonds. The summed E-state index contributed by atoms with van der Waals surface area (Å²) in [5, 5.41) is 9.79. The normalized spacial score (nSPS) is 12.3. The van der Waals surface area contributed by atoms with Crippen LogP contribution < -0.4 is 0 Å². The summed E-state index contributed by atoms with van der Waals surface area (Å²) in [4.78, 5) is 26.3. The van der Waals surface area contributed by atoms with Crippen molar-refractivity contribution in [1.29, 1.82) is 0 Å². The predicted molar refractivity (Wildman–Crippen MR) is 154 cm³/mol. The van der Waals surface area contributed by atoms with Crippen LogP contribution in [0.1, 0.15) is 144 Å². The Labute approximate surface area is 229 Å². The first-order valence-corrected chi connectivity index (χ1v) is 15.2. The second-order valence-corrected chi connectivity index (χ2v) is 12.0. The Morgan fingerprint density at radius 3 is 1.54 bits per heavy atom. The monoisotopic (exact) mass is 527 g/mol. The topological polar surface area (TPSA) is 76.1 Å². The number of carbonyl (C=O) groups excluding carboxylic acids is 2. The summed E-state index contributed by atoms with van der Waals surface area (Å²) < 4.78 is 11.0. The predicted octanol–water partition coefficient (Wildman–Crippen LogP) is 7.25. The third-order valence-electron chi connectivity index (χ3n) is 6.92. The van der Waals surface area contributed by atoms with Crippen LogP contribution in [0.4, 0.5) is 0 Å². The lowest BCUT2D eigenvalue weighted by Crippen LogP contribution is -2.44. The largest absolute Gasteiger partial charge is 0.465 e. The highest BCUT2D eigenvalue weighted by Gasteiger charge is 2.30. The van der Waals surface area contributed by atoms with Crippen LogP contribution in [0.5, 0.6) is 0 Å². The van der Waals surface area contributed by atoms with Crippen molar-refractivity contribution in [1.82, 2.24) is 4.90 Å². The summed E-state index contributed by atoms with van der Waals surface area (Å²) >= 11 is 0. The van der Waals surface area contributed by atoms with Crippen LogP contribution in [0, 0.1) is 0 Å². The highest BCUT2D eigenvalue weighted by atomic mass is 16.5. The molecule has 0 aliphatic heterocycles. The highest BCUT2D eigenvalue weighted by molar-refractivity contribution is 5.88. The number of likely N-dealkylation sites (N-methyl/N-ethyl adjacent to an activating group) is 1. The molecule has 37 heavy (non-hydrogen) atoms. The molecule has 0 aromatic carbocycles. The van der Waals surface area contributed by atoms with Gasteiger partial charge in [-0.25, -0.2) is 0 Å². The fourth-order valence-electron chi connectivity index (χ4n) is 4.23. The van der Waals surface area contributed by atoms with Gasteiger partial charge in [0.1, 0.15) is 5.60 Å². The molecule has 0 aliphatic rings. The average Bonchev–Trinajstić information content (AvgIpc) is 2.79. The Balaban J connectivity index is 3.62. The van der Waals surface area contributed by atoms with Crippen molar-refractivity contribution in [2.45, 2.75) is 155 Å². The Morgan fingerprint density at radius 2 is 1.11 bits per heavy atom. The van der Waals surface area contributed by atoms with E-state index in [1.807, 2.05) is 0 Å². The zero-order valence-corrected chi connectivity index (χ0v) is 25.4. The first kappa shape index (κ1) is 36.0. The van der Waals surface area contributed by atoms with E-state index in [2.05, 4.69) is 6.92 Å². The van der Waals surface area contributed by atoms with Gasteiger partial charge in [0.25, 0.3) is 0 Å². The van der Waals surface area contributed by atoms with E-state index in [4.69, 9.17) is 9.47 Å². The van der Waals surface area contributed by atoms with Gasteiger partial charge in [0, 0.05) is 0 Å². The smallest absolute Gasteiger partial charge is 0.320 e. The molecule has 6 heteroatoms. The average molecular weight is 528 g/mol. The van der Waals surface area contributed by atoms with E-state index in [1.165, 1.54) is 89.9 Å². The second-order valence-electron chi connectivity index (χ2n) is 12.0. The lowest BCUT2D eigenvalue weighted by molar-refractivity contribution is -0.147. The minimum Gasteiger partial charge on any atom is -0.465 e. The maximum absolute atomic E-state index is 12.6. The number of carbonyl (C=O) groups is 2. The summed E-state index contributed by atoms with van der Waals surface area (Å²) in [7, 11) is 1.74. The van der Waals surface area contributed by atoms with Crippen LogP contribution in [0.25, 0.3) is 0 Å². The molecule has 0 rings (SSSR count). The summed E-state index contributed by atoms with van der Waals surface area (Å²) in [5.74, 6) is -0.395. The molecule has 0 unspecified atom stereocenters. The van der Waals surface area contributed by atoms with E-state index >= 15 is 0 Å². The first-order chi connectivity index (χ1) is 17.5. The zero-order chi connectivity index (χ0) is 28.0.